The van der Waals surface area contributed by atoms with E-state index in [2.05, 4.69) is 32.2 Å². The van der Waals surface area contributed by atoms with E-state index in [1.807, 2.05) is 0 Å². The third kappa shape index (κ3) is 3.07. The van der Waals surface area contributed by atoms with Crippen LogP contribution in [-0.2, 0) is 4.84 Å². The van der Waals surface area contributed by atoms with Crippen LogP contribution in [0.25, 0.3) is 5.65 Å². The van der Waals surface area contributed by atoms with Gasteiger partial charge in [0, 0.05) is 37.3 Å². The van der Waals surface area contributed by atoms with E-state index in [1.54, 1.807) is 21.8 Å². The lowest BCUT2D eigenvalue weighted by Gasteiger charge is -2.26. The van der Waals surface area contributed by atoms with Gasteiger partial charge in [-0.2, -0.15) is 5.10 Å². The molecule has 2 fully saturated rings. The molecule has 1 N–H and O–H groups in total. The van der Waals surface area contributed by atoms with E-state index >= 15 is 0 Å². The number of anilines is 1. The molecule has 6 heterocycles. The summed E-state index contributed by atoms with van der Waals surface area (Å²) < 4.78 is 22.1. The lowest BCUT2D eigenvalue weighted by molar-refractivity contribution is 0.0902. The summed E-state index contributed by atoms with van der Waals surface area (Å²) in [5.41, 5.74) is 1.39. The number of carbonyl (C=O) groups excluding carboxylic acids is 1. The Hall–Kier alpha value is -3.31. The first-order valence-corrected chi connectivity index (χ1v) is 10.7. The molecule has 3 atom stereocenters. The van der Waals surface area contributed by atoms with Crippen molar-refractivity contribution in [3.05, 3.63) is 47.7 Å². The Morgan fingerprint density at radius 2 is 2.22 bits per heavy atom. The van der Waals surface area contributed by atoms with Crippen LogP contribution in [0, 0.1) is 5.82 Å². The Kier molecular flexibility index (Phi) is 4.47. The summed E-state index contributed by atoms with van der Waals surface area (Å²) in [5, 5.41) is 8.99. The highest BCUT2D eigenvalue weighted by Crippen LogP contribution is 2.38. The molecule has 10 nitrogen and oxygen atoms in total. The van der Waals surface area contributed by atoms with Crippen LogP contribution in [0.2, 0.25) is 0 Å². The second-order valence-electron chi connectivity index (χ2n) is 8.21. The Balaban J connectivity index is 1.52. The van der Waals surface area contributed by atoms with Gasteiger partial charge in [-0.3, -0.25) is 14.5 Å². The number of hydroxylamine groups is 1. The lowest BCUT2D eigenvalue weighted by atomic mass is 10.1. The number of ether oxygens (including phenoxy) is 1. The second kappa shape index (κ2) is 7.38. The first kappa shape index (κ1) is 19.4. The molecule has 11 heteroatoms. The quantitative estimate of drug-likeness (QED) is 0.607. The number of fused-ring (bicyclic) bond motifs is 6. The number of nitrogens with one attached hydrogen (secondary N) is 1. The Labute approximate surface area is 182 Å². The molecule has 0 radical (unpaired) electrons. The van der Waals surface area contributed by atoms with E-state index in [0.717, 1.165) is 12.7 Å². The maximum atomic E-state index is 14.3. The van der Waals surface area contributed by atoms with Crippen molar-refractivity contribution in [2.24, 2.45) is 0 Å². The highest BCUT2D eigenvalue weighted by atomic mass is 19.1. The van der Waals surface area contributed by atoms with E-state index in [0.29, 0.717) is 54.6 Å². The van der Waals surface area contributed by atoms with Crippen molar-refractivity contribution in [2.75, 3.05) is 31.3 Å². The van der Waals surface area contributed by atoms with E-state index in [1.165, 1.54) is 12.3 Å². The second-order valence-corrected chi connectivity index (χ2v) is 8.21. The smallest absolute Gasteiger partial charge is 0.257 e. The topological polar surface area (TPSA) is 97.1 Å². The van der Waals surface area contributed by atoms with E-state index in [4.69, 9.17) is 9.57 Å². The van der Waals surface area contributed by atoms with Crippen LogP contribution in [0.4, 0.5) is 10.2 Å². The van der Waals surface area contributed by atoms with Crippen LogP contribution in [0.15, 0.2) is 30.7 Å². The summed E-state index contributed by atoms with van der Waals surface area (Å²) in [4.78, 5) is 30.2. The number of aromatic nitrogens is 4. The third-order valence-corrected chi connectivity index (χ3v) is 6.30. The summed E-state index contributed by atoms with van der Waals surface area (Å²) in [6.07, 6.45) is 4.67. The number of halogens is 1. The van der Waals surface area contributed by atoms with Gasteiger partial charge in [0.1, 0.15) is 17.5 Å². The first-order chi connectivity index (χ1) is 15.6. The first-order valence-electron chi connectivity index (χ1n) is 10.7. The average molecular weight is 439 g/mol. The van der Waals surface area contributed by atoms with Crippen molar-refractivity contribution in [2.45, 2.75) is 31.5 Å². The van der Waals surface area contributed by atoms with Gasteiger partial charge in [0.05, 0.1) is 31.1 Å². The largest absolute Gasteiger partial charge is 0.470 e. The summed E-state index contributed by atoms with van der Waals surface area (Å²) in [6.45, 7) is 4.59. The van der Waals surface area contributed by atoms with Crippen LogP contribution in [0.1, 0.15) is 35.3 Å². The van der Waals surface area contributed by atoms with Crippen molar-refractivity contribution in [1.82, 2.24) is 29.8 Å². The van der Waals surface area contributed by atoms with Gasteiger partial charge in [-0.1, -0.05) is 6.92 Å². The molecule has 1 unspecified atom stereocenters. The molecular weight excluding hydrogens is 417 g/mol. The van der Waals surface area contributed by atoms with Crippen molar-refractivity contribution < 1.29 is 18.8 Å². The van der Waals surface area contributed by atoms with Gasteiger partial charge in [0.25, 0.3) is 5.91 Å². The van der Waals surface area contributed by atoms with Gasteiger partial charge in [0.2, 0.25) is 5.88 Å². The monoisotopic (exact) mass is 439 g/mol. The molecule has 3 aliphatic rings. The zero-order chi connectivity index (χ0) is 21.8. The fourth-order valence-electron chi connectivity index (χ4n) is 4.66. The summed E-state index contributed by atoms with van der Waals surface area (Å²) in [5.74, 6) is 0.127. The molecule has 2 bridgehead atoms. The number of likely N-dealkylation sites (N-methyl/N-ethyl adjacent to an activating group) is 1. The summed E-state index contributed by atoms with van der Waals surface area (Å²) in [6, 6.07) is 2.59. The summed E-state index contributed by atoms with van der Waals surface area (Å²) >= 11 is 0. The van der Waals surface area contributed by atoms with Gasteiger partial charge < -0.3 is 10.1 Å². The van der Waals surface area contributed by atoms with Gasteiger partial charge in [0.15, 0.2) is 11.5 Å². The van der Waals surface area contributed by atoms with Crippen molar-refractivity contribution in [3.63, 3.8) is 0 Å². The molecular formula is C21H22FN7O3. The molecule has 3 aliphatic heterocycles. The van der Waals surface area contributed by atoms with E-state index in [-0.39, 0.29) is 24.1 Å². The van der Waals surface area contributed by atoms with Crippen LogP contribution in [-0.4, -0.2) is 68.8 Å². The number of hydrogen-bond donors (Lipinski definition) is 1. The maximum absolute atomic E-state index is 14.3. The van der Waals surface area contributed by atoms with Crippen LogP contribution >= 0.6 is 0 Å². The fraction of sp³-hybridized carbons (Fsp3) is 0.429. The number of nitrogens with zero attached hydrogens (tertiary/aromatic N) is 6. The molecule has 3 aromatic heterocycles. The minimum absolute atomic E-state index is 0.267. The molecule has 32 heavy (non-hydrogen) atoms. The van der Waals surface area contributed by atoms with Crippen molar-refractivity contribution in [1.29, 1.82) is 0 Å². The van der Waals surface area contributed by atoms with Gasteiger partial charge >= 0.3 is 0 Å². The zero-order valence-corrected chi connectivity index (χ0v) is 17.4. The number of pyridine rings is 1. The van der Waals surface area contributed by atoms with Crippen LogP contribution in [0.5, 0.6) is 5.88 Å². The molecule has 0 aliphatic carbocycles. The van der Waals surface area contributed by atoms with E-state index < -0.39 is 5.82 Å². The molecule has 3 aromatic rings. The Bertz CT molecular complexity index is 1200. The normalized spacial score (nSPS) is 25.4. The molecule has 6 rings (SSSR count). The lowest BCUT2D eigenvalue weighted by Crippen LogP contribution is -2.45. The third-order valence-electron chi connectivity index (χ3n) is 6.30. The number of carbonyl (C=O) groups is 1. The van der Waals surface area contributed by atoms with E-state index in [9.17, 15) is 9.18 Å². The van der Waals surface area contributed by atoms with Crippen LogP contribution in [0.3, 0.4) is 0 Å². The molecule has 2 saturated heterocycles. The van der Waals surface area contributed by atoms with Gasteiger partial charge in [-0.25, -0.2) is 23.9 Å². The molecule has 0 spiro atoms. The number of amides is 1. The Morgan fingerprint density at radius 1 is 1.31 bits per heavy atom. The maximum Gasteiger partial charge on any atom is 0.257 e. The molecule has 0 aromatic carbocycles. The van der Waals surface area contributed by atoms with Crippen LogP contribution < -0.4 is 15.1 Å². The standard InChI is InChI=1S/C21H22FN7O3/c1-2-27-10-15-17(11-27)32-21-13(7-12(22)8-23-21)16-4-6-31-29(16)18-3-5-28-19(26-18)14(9-24-28)20(30)25-15/h3,5,7-9,15-17H,2,4,6,10-11H2,1H3,(H,25,30)/t15-,16?,17+/m1/s1. The van der Waals surface area contributed by atoms with Gasteiger partial charge in [-0.05, 0) is 12.6 Å². The molecule has 1 amide bonds. The zero-order valence-electron chi connectivity index (χ0n) is 17.4. The predicted molar refractivity (Wildman–Crippen MR) is 111 cm³/mol. The Morgan fingerprint density at radius 3 is 3.09 bits per heavy atom. The fourth-order valence-corrected chi connectivity index (χ4v) is 4.66. The minimum atomic E-state index is -0.448. The molecule has 166 valence electrons. The van der Waals surface area contributed by atoms with Crippen molar-refractivity contribution >= 4 is 17.4 Å². The summed E-state index contributed by atoms with van der Waals surface area (Å²) in [7, 11) is 0. The SMILES string of the molecule is CCN1C[C@@H]2Oc3ncc(F)cc3C3CCON3c3ccn4ncc(c4n3)C(=O)N[C@@H]2C1. The predicted octanol–water partition coefficient (Wildman–Crippen LogP) is 1.34. The average Bonchev–Trinajstić information content (AvgIpc) is 3.52. The molecule has 0 saturated carbocycles. The highest BCUT2D eigenvalue weighted by Gasteiger charge is 2.39. The minimum Gasteiger partial charge on any atom is -0.470 e. The van der Waals surface area contributed by atoms with Crippen molar-refractivity contribution in [3.8, 4) is 5.88 Å². The number of hydrogen-bond acceptors (Lipinski definition) is 8. The number of rotatable bonds is 1. The highest BCUT2D eigenvalue weighted by molar-refractivity contribution is 6.00. The van der Waals surface area contributed by atoms with Gasteiger partial charge in [-0.15, -0.1) is 0 Å². The number of likely N-dealkylation sites (tertiary alicyclic amines) is 1.